The molecule has 1 atom stereocenters. The Morgan fingerprint density at radius 3 is 2.74 bits per heavy atom. The van der Waals surface area contributed by atoms with Gasteiger partial charge in [0, 0.05) is 4.88 Å². The third-order valence-electron chi connectivity index (χ3n) is 2.37. The normalized spacial score (nSPS) is 12.1. The molecule has 7 heteroatoms. The summed E-state index contributed by atoms with van der Waals surface area (Å²) in [6, 6.07) is 6.16. The van der Waals surface area contributed by atoms with E-state index in [1.54, 1.807) is 12.1 Å². The van der Waals surface area contributed by atoms with Gasteiger partial charge in [0.2, 0.25) is 0 Å². The first kappa shape index (κ1) is 13.8. The molecule has 0 spiro atoms. The topological polar surface area (TPSA) is 79.5 Å². The van der Waals surface area contributed by atoms with Crippen molar-refractivity contribution in [3.63, 3.8) is 0 Å². The fourth-order valence-corrected chi connectivity index (χ4v) is 2.64. The fraction of sp³-hybridized carbons (Fsp3) is 0.167. The summed E-state index contributed by atoms with van der Waals surface area (Å²) < 4.78 is 5.58. The maximum atomic E-state index is 11.9. The van der Waals surface area contributed by atoms with E-state index in [-0.39, 0.29) is 12.2 Å². The van der Waals surface area contributed by atoms with E-state index in [9.17, 15) is 9.59 Å². The van der Waals surface area contributed by atoms with Crippen molar-refractivity contribution < 1.29 is 19.1 Å². The molecule has 0 aliphatic carbocycles. The van der Waals surface area contributed by atoms with E-state index in [0.717, 1.165) is 4.88 Å². The van der Waals surface area contributed by atoms with Crippen LogP contribution in [0.15, 0.2) is 38.7 Å². The molecule has 0 aliphatic heterocycles. The van der Waals surface area contributed by atoms with Gasteiger partial charge in [0.25, 0.3) is 5.91 Å². The van der Waals surface area contributed by atoms with Gasteiger partial charge in [0.15, 0.2) is 10.4 Å². The number of aliphatic carboxylic acids is 1. The minimum absolute atomic E-state index is 0.138. The van der Waals surface area contributed by atoms with Crippen LogP contribution >= 0.6 is 27.3 Å². The molecule has 0 aromatic carbocycles. The number of thiophene rings is 1. The molecule has 1 unspecified atom stereocenters. The van der Waals surface area contributed by atoms with Crippen molar-refractivity contribution in [2.24, 2.45) is 0 Å². The molecule has 2 aromatic rings. The summed E-state index contributed by atoms with van der Waals surface area (Å²) in [4.78, 5) is 23.6. The monoisotopic (exact) mass is 343 g/mol. The summed E-state index contributed by atoms with van der Waals surface area (Å²) in [7, 11) is 0. The standard InChI is InChI=1S/C12H10BrNO4S/c13-10-4-3-8(18-10)12(17)14-7(6-11(15)16)9-2-1-5-19-9/h1-5,7H,6H2,(H,14,17)(H,15,16). The molecule has 2 aromatic heterocycles. The first-order valence-corrected chi connectivity index (χ1v) is 7.05. The van der Waals surface area contributed by atoms with Gasteiger partial charge in [-0.1, -0.05) is 6.07 Å². The Kier molecular flexibility index (Phi) is 4.39. The lowest BCUT2D eigenvalue weighted by molar-refractivity contribution is -0.137. The fourth-order valence-electron chi connectivity index (χ4n) is 1.55. The average molecular weight is 344 g/mol. The van der Waals surface area contributed by atoms with E-state index in [2.05, 4.69) is 21.2 Å². The zero-order chi connectivity index (χ0) is 13.8. The number of furan rings is 1. The van der Waals surface area contributed by atoms with E-state index in [4.69, 9.17) is 9.52 Å². The number of carbonyl (C=O) groups excluding carboxylic acids is 1. The lowest BCUT2D eigenvalue weighted by Crippen LogP contribution is -2.29. The minimum Gasteiger partial charge on any atom is -0.481 e. The Morgan fingerprint density at radius 1 is 1.42 bits per heavy atom. The number of carboxylic acid groups (broad SMARTS) is 1. The van der Waals surface area contributed by atoms with Gasteiger partial charge in [-0.25, -0.2) is 0 Å². The van der Waals surface area contributed by atoms with Crippen LogP contribution in [0.5, 0.6) is 0 Å². The van der Waals surface area contributed by atoms with Crippen molar-refractivity contribution in [1.29, 1.82) is 0 Å². The molecule has 2 N–H and O–H groups in total. The number of nitrogens with one attached hydrogen (secondary N) is 1. The summed E-state index contributed by atoms with van der Waals surface area (Å²) in [6.07, 6.45) is -0.172. The van der Waals surface area contributed by atoms with Gasteiger partial charge in [-0.2, -0.15) is 0 Å². The summed E-state index contributed by atoms with van der Waals surface area (Å²) in [6.45, 7) is 0. The number of carbonyl (C=O) groups is 2. The van der Waals surface area contributed by atoms with Crippen LogP contribution in [0.4, 0.5) is 0 Å². The maximum absolute atomic E-state index is 11.9. The summed E-state index contributed by atoms with van der Waals surface area (Å²) in [5.74, 6) is -1.27. The number of hydrogen-bond donors (Lipinski definition) is 2. The summed E-state index contributed by atoms with van der Waals surface area (Å²) >= 11 is 4.50. The molecule has 100 valence electrons. The van der Waals surface area contributed by atoms with Crippen molar-refractivity contribution >= 4 is 39.1 Å². The van der Waals surface area contributed by atoms with E-state index >= 15 is 0 Å². The highest BCUT2D eigenvalue weighted by Crippen LogP contribution is 2.23. The Balaban J connectivity index is 2.12. The van der Waals surface area contributed by atoms with Crippen LogP contribution in [0, 0.1) is 0 Å². The van der Waals surface area contributed by atoms with Crippen LogP contribution in [0.25, 0.3) is 0 Å². The van der Waals surface area contributed by atoms with Gasteiger partial charge in [-0.3, -0.25) is 9.59 Å². The van der Waals surface area contributed by atoms with Crippen LogP contribution in [0.1, 0.15) is 27.9 Å². The predicted octanol–water partition coefficient (Wildman–Crippen LogP) is 3.05. The van der Waals surface area contributed by atoms with Gasteiger partial charge < -0.3 is 14.8 Å². The first-order chi connectivity index (χ1) is 9.06. The van der Waals surface area contributed by atoms with E-state index in [1.165, 1.54) is 17.4 Å². The van der Waals surface area contributed by atoms with Gasteiger partial charge in [-0.15, -0.1) is 11.3 Å². The van der Waals surface area contributed by atoms with Crippen LogP contribution in [-0.2, 0) is 4.79 Å². The lowest BCUT2D eigenvalue weighted by Gasteiger charge is -2.14. The molecule has 2 heterocycles. The summed E-state index contributed by atoms with van der Waals surface area (Å²) in [5, 5.41) is 13.4. The number of hydrogen-bond acceptors (Lipinski definition) is 4. The van der Waals surface area contributed by atoms with Crippen molar-refractivity contribution in [3.05, 3.63) is 45.0 Å². The number of amides is 1. The molecule has 0 saturated carbocycles. The minimum atomic E-state index is -0.973. The van der Waals surface area contributed by atoms with Gasteiger partial charge in [0.1, 0.15) is 0 Å². The van der Waals surface area contributed by atoms with E-state index < -0.39 is 17.9 Å². The quantitative estimate of drug-likeness (QED) is 0.874. The maximum Gasteiger partial charge on any atom is 0.305 e. The third-order valence-corrected chi connectivity index (χ3v) is 3.78. The van der Waals surface area contributed by atoms with E-state index in [1.807, 2.05) is 11.4 Å². The van der Waals surface area contributed by atoms with Gasteiger partial charge in [0.05, 0.1) is 12.5 Å². The number of carboxylic acids is 1. The average Bonchev–Trinajstić information content (AvgIpc) is 2.97. The zero-order valence-electron chi connectivity index (χ0n) is 9.63. The van der Waals surface area contributed by atoms with Crippen LogP contribution < -0.4 is 5.32 Å². The molecule has 0 saturated heterocycles. The van der Waals surface area contributed by atoms with Crippen molar-refractivity contribution in [1.82, 2.24) is 5.32 Å². The Bertz CT molecular complexity index is 578. The SMILES string of the molecule is O=C(O)CC(NC(=O)c1ccc(Br)o1)c1cccs1. The van der Waals surface area contributed by atoms with Crippen LogP contribution in [-0.4, -0.2) is 17.0 Å². The molecule has 19 heavy (non-hydrogen) atoms. The Morgan fingerprint density at radius 2 is 2.21 bits per heavy atom. The van der Waals surface area contributed by atoms with Crippen LogP contribution in [0.2, 0.25) is 0 Å². The highest BCUT2D eigenvalue weighted by atomic mass is 79.9. The molecule has 0 fully saturated rings. The molecule has 0 aliphatic rings. The molecule has 0 bridgehead atoms. The molecular formula is C12H10BrNO4S. The second kappa shape index (κ2) is 6.03. The number of rotatable bonds is 5. The highest BCUT2D eigenvalue weighted by molar-refractivity contribution is 9.10. The molecule has 5 nitrogen and oxygen atoms in total. The second-order valence-electron chi connectivity index (χ2n) is 3.74. The van der Waals surface area contributed by atoms with Crippen LogP contribution in [0.3, 0.4) is 0 Å². The Labute approximate surface area is 121 Å². The Hall–Kier alpha value is -1.60. The highest BCUT2D eigenvalue weighted by Gasteiger charge is 2.21. The van der Waals surface area contributed by atoms with Crippen molar-refractivity contribution in [2.45, 2.75) is 12.5 Å². The van der Waals surface area contributed by atoms with Gasteiger partial charge in [-0.05, 0) is 39.5 Å². The molecule has 1 amide bonds. The molecule has 0 radical (unpaired) electrons. The third kappa shape index (κ3) is 3.68. The zero-order valence-corrected chi connectivity index (χ0v) is 12.0. The smallest absolute Gasteiger partial charge is 0.305 e. The molecular weight excluding hydrogens is 334 g/mol. The van der Waals surface area contributed by atoms with Crippen molar-refractivity contribution in [2.75, 3.05) is 0 Å². The predicted molar refractivity (Wildman–Crippen MR) is 73.2 cm³/mol. The number of halogens is 1. The van der Waals surface area contributed by atoms with E-state index in [0.29, 0.717) is 4.67 Å². The van der Waals surface area contributed by atoms with Gasteiger partial charge >= 0.3 is 5.97 Å². The molecule has 2 rings (SSSR count). The lowest BCUT2D eigenvalue weighted by atomic mass is 10.1. The first-order valence-electron chi connectivity index (χ1n) is 5.37. The second-order valence-corrected chi connectivity index (χ2v) is 5.50. The largest absolute Gasteiger partial charge is 0.481 e. The summed E-state index contributed by atoms with van der Waals surface area (Å²) in [5.41, 5.74) is 0. The van der Waals surface area contributed by atoms with Crippen molar-refractivity contribution in [3.8, 4) is 0 Å².